The zero-order chi connectivity index (χ0) is 20.8. The lowest BCUT2D eigenvalue weighted by Gasteiger charge is -2.12. The zero-order valence-electron chi connectivity index (χ0n) is 16.3. The molecule has 3 aromatic rings. The number of thioether (sulfide) groups is 1. The summed E-state index contributed by atoms with van der Waals surface area (Å²) in [7, 11) is 1.62. The molecule has 0 aliphatic carbocycles. The minimum Gasteiger partial charge on any atom is -0.497 e. The quantitative estimate of drug-likeness (QED) is 0.393. The van der Waals surface area contributed by atoms with E-state index in [9.17, 15) is 9.59 Å². The van der Waals surface area contributed by atoms with Crippen molar-refractivity contribution >= 4 is 44.5 Å². The molecule has 2 aromatic carbocycles. The van der Waals surface area contributed by atoms with Crippen LogP contribution in [0, 0.1) is 0 Å². The predicted octanol–water partition coefficient (Wildman–Crippen LogP) is 3.99. The Kier molecular flexibility index (Phi) is 7.33. The summed E-state index contributed by atoms with van der Waals surface area (Å²) in [6, 6.07) is 13.0. The molecule has 8 heteroatoms. The Labute approximate surface area is 181 Å². The van der Waals surface area contributed by atoms with Crippen LogP contribution in [-0.2, 0) is 17.9 Å². The van der Waals surface area contributed by atoms with Gasteiger partial charge in [-0.1, -0.05) is 46.7 Å². The summed E-state index contributed by atoms with van der Waals surface area (Å²) in [4.78, 5) is 29.8. The maximum atomic E-state index is 12.9. The molecule has 1 aromatic heterocycles. The number of rotatable bonds is 8. The summed E-state index contributed by atoms with van der Waals surface area (Å²) in [5.74, 6) is 0.854. The first-order valence-electron chi connectivity index (χ1n) is 9.24. The molecule has 0 bridgehead atoms. The molecule has 0 unspecified atom stereocenters. The molecule has 0 spiro atoms. The number of carbonyl (C=O) groups excluding carboxylic acids is 1. The Morgan fingerprint density at radius 1 is 1.24 bits per heavy atom. The van der Waals surface area contributed by atoms with Crippen LogP contribution in [0.5, 0.6) is 5.75 Å². The summed E-state index contributed by atoms with van der Waals surface area (Å²) in [6.45, 7) is 3.00. The van der Waals surface area contributed by atoms with Crippen molar-refractivity contribution in [1.29, 1.82) is 0 Å². The fraction of sp³-hybridized carbons (Fsp3) is 0.286. The first-order valence-corrected chi connectivity index (χ1v) is 11.0. The average Bonchev–Trinajstić information content (AvgIpc) is 2.74. The highest BCUT2D eigenvalue weighted by Gasteiger charge is 2.13. The van der Waals surface area contributed by atoms with E-state index in [1.165, 1.54) is 11.8 Å². The molecule has 152 valence electrons. The van der Waals surface area contributed by atoms with E-state index in [4.69, 9.17) is 4.74 Å². The van der Waals surface area contributed by atoms with Crippen molar-refractivity contribution in [2.24, 2.45) is 0 Å². The highest BCUT2D eigenvalue weighted by atomic mass is 79.9. The molecule has 0 saturated carbocycles. The lowest BCUT2D eigenvalue weighted by molar-refractivity contribution is -0.118. The van der Waals surface area contributed by atoms with Gasteiger partial charge < -0.3 is 10.1 Å². The van der Waals surface area contributed by atoms with Crippen molar-refractivity contribution in [2.45, 2.75) is 31.6 Å². The second kappa shape index (κ2) is 9.93. The number of hydrogen-bond acceptors (Lipinski definition) is 5. The summed E-state index contributed by atoms with van der Waals surface area (Å²) >= 11 is 4.68. The van der Waals surface area contributed by atoms with Gasteiger partial charge >= 0.3 is 0 Å². The van der Waals surface area contributed by atoms with Crippen molar-refractivity contribution in [2.75, 3.05) is 12.9 Å². The molecule has 0 aliphatic rings. The molecule has 0 aliphatic heterocycles. The maximum Gasteiger partial charge on any atom is 0.262 e. The Morgan fingerprint density at radius 3 is 2.69 bits per heavy atom. The molecular weight excluding hydrogens is 454 g/mol. The number of benzene rings is 2. The van der Waals surface area contributed by atoms with Crippen molar-refractivity contribution in [3.63, 3.8) is 0 Å². The van der Waals surface area contributed by atoms with Crippen LogP contribution >= 0.6 is 27.7 Å². The molecule has 0 atom stereocenters. The van der Waals surface area contributed by atoms with Gasteiger partial charge in [0.1, 0.15) is 5.75 Å². The molecule has 0 saturated heterocycles. The SMILES string of the molecule is CCCn1c(SCC(=O)NCc2ccc(OC)cc2)nc2ccc(Br)cc2c1=O. The van der Waals surface area contributed by atoms with Gasteiger partial charge in [0.2, 0.25) is 5.91 Å². The molecule has 1 amide bonds. The highest BCUT2D eigenvalue weighted by Crippen LogP contribution is 2.21. The number of amides is 1. The van der Waals surface area contributed by atoms with Crippen molar-refractivity contribution in [3.8, 4) is 5.75 Å². The molecule has 0 radical (unpaired) electrons. The van der Waals surface area contributed by atoms with Gasteiger partial charge in [0.05, 0.1) is 23.8 Å². The summed E-state index contributed by atoms with van der Waals surface area (Å²) in [6.07, 6.45) is 0.804. The molecule has 29 heavy (non-hydrogen) atoms. The number of carbonyl (C=O) groups is 1. The minimum atomic E-state index is -0.112. The Morgan fingerprint density at radius 2 is 2.00 bits per heavy atom. The van der Waals surface area contributed by atoms with Gasteiger partial charge in [-0.15, -0.1) is 0 Å². The van der Waals surface area contributed by atoms with E-state index in [2.05, 4.69) is 26.2 Å². The summed E-state index contributed by atoms with van der Waals surface area (Å²) in [5, 5.41) is 4.03. The van der Waals surface area contributed by atoms with Crippen LogP contribution in [0.4, 0.5) is 0 Å². The lowest BCUT2D eigenvalue weighted by Crippen LogP contribution is -2.26. The number of ether oxygens (including phenoxy) is 1. The zero-order valence-corrected chi connectivity index (χ0v) is 18.7. The average molecular weight is 476 g/mol. The molecule has 6 nitrogen and oxygen atoms in total. The van der Waals surface area contributed by atoms with Crippen LogP contribution in [0.3, 0.4) is 0 Å². The fourth-order valence-corrected chi connectivity index (χ4v) is 4.05. The van der Waals surface area contributed by atoms with E-state index in [1.54, 1.807) is 17.7 Å². The summed E-state index contributed by atoms with van der Waals surface area (Å²) in [5.41, 5.74) is 1.53. The number of halogens is 1. The molecule has 1 N–H and O–H groups in total. The number of methoxy groups -OCH3 is 1. The van der Waals surface area contributed by atoms with Gasteiger partial charge in [0.15, 0.2) is 5.16 Å². The standard InChI is InChI=1S/C21H22BrN3O3S/c1-3-10-25-20(27)17-11-15(22)6-9-18(17)24-21(25)29-13-19(26)23-12-14-4-7-16(28-2)8-5-14/h4-9,11H,3,10,12-13H2,1-2H3,(H,23,26). The monoisotopic (exact) mass is 475 g/mol. The van der Waals surface area contributed by atoms with E-state index in [0.717, 1.165) is 22.2 Å². The normalized spacial score (nSPS) is 10.9. The smallest absolute Gasteiger partial charge is 0.262 e. The number of aromatic nitrogens is 2. The fourth-order valence-electron chi connectivity index (χ4n) is 2.83. The van der Waals surface area contributed by atoms with Crippen LogP contribution in [0.15, 0.2) is 56.9 Å². The van der Waals surface area contributed by atoms with Crippen LogP contribution in [0.2, 0.25) is 0 Å². The van der Waals surface area contributed by atoms with Gasteiger partial charge in [-0.2, -0.15) is 0 Å². The van der Waals surface area contributed by atoms with E-state index >= 15 is 0 Å². The molecular formula is C21H22BrN3O3S. The minimum absolute atomic E-state index is 0.0840. The lowest BCUT2D eigenvalue weighted by atomic mass is 10.2. The van der Waals surface area contributed by atoms with Gasteiger partial charge in [0.25, 0.3) is 5.56 Å². The van der Waals surface area contributed by atoms with Crippen LogP contribution < -0.4 is 15.6 Å². The first-order chi connectivity index (χ1) is 14.0. The van der Waals surface area contributed by atoms with Gasteiger partial charge in [-0.05, 0) is 42.3 Å². The van der Waals surface area contributed by atoms with E-state index in [-0.39, 0.29) is 17.2 Å². The maximum absolute atomic E-state index is 12.9. The number of hydrogen-bond donors (Lipinski definition) is 1. The van der Waals surface area contributed by atoms with Crippen LogP contribution in [-0.4, -0.2) is 28.3 Å². The second-order valence-electron chi connectivity index (χ2n) is 6.43. The topological polar surface area (TPSA) is 73.2 Å². The number of fused-ring (bicyclic) bond motifs is 1. The third-order valence-electron chi connectivity index (χ3n) is 4.31. The van der Waals surface area contributed by atoms with Crippen molar-refractivity contribution < 1.29 is 9.53 Å². The molecule has 1 heterocycles. The third-order valence-corrected chi connectivity index (χ3v) is 5.78. The van der Waals surface area contributed by atoms with E-state index < -0.39 is 0 Å². The van der Waals surface area contributed by atoms with Gasteiger partial charge in [-0.3, -0.25) is 14.2 Å². The van der Waals surface area contributed by atoms with E-state index in [1.807, 2.05) is 43.3 Å². The van der Waals surface area contributed by atoms with Crippen molar-refractivity contribution in [1.82, 2.24) is 14.9 Å². The predicted molar refractivity (Wildman–Crippen MR) is 120 cm³/mol. The Hall–Kier alpha value is -2.32. The van der Waals surface area contributed by atoms with Gasteiger partial charge in [0, 0.05) is 17.6 Å². The highest BCUT2D eigenvalue weighted by molar-refractivity contribution is 9.10. The number of nitrogens with zero attached hydrogens (tertiary/aromatic N) is 2. The Bertz CT molecular complexity index is 1070. The van der Waals surface area contributed by atoms with E-state index in [0.29, 0.717) is 29.1 Å². The van der Waals surface area contributed by atoms with Crippen LogP contribution in [0.25, 0.3) is 10.9 Å². The molecule has 3 rings (SSSR count). The molecule has 0 fully saturated rings. The van der Waals surface area contributed by atoms with Crippen LogP contribution in [0.1, 0.15) is 18.9 Å². The number of nitrogens with one attached hydrogen (secondary N) is 1. The van der Waals surface area contributed by atoms with Gasteiger partial charge in [-0.25, -0.2) is 4.98 Å². The Balaban J connectivity index is 1.70. The largest absolute Gasteiger partial charge is 0.497 e. The first kappa shape index (κ1) is 21.4. The second-order valence-corrected chi connectivity index (χ2v) is 8.28. The van der Waals surface area contributed by atoms with Crippen molar-refractivity contribution in [3.05, 3.63) is 62.9 Å². The third kappa shape index (κ3) is 5.39. The summed E-state index contributed by atoms with van der Waals surface area (Å²) < 4.78 is 7.62.